The number of nitro benzene ring substituents is 1. The molecular formula is C13H11BrFN3O2. The highest BCUT2D eigenvalue weighted by Gasteiger charge is 2.17. The first-order chi connectivity index (χ1) is 9.58. The second kappa shape index (κ2) is 6.42. The average molecular weight is 340 g/mol. The predicted octanol–water partition coefficient (Wildman–Crippen LogP) is 3.55. The maximum atomic E-state index is 13.5. The van der Waals surface area contributed by atoms with Gasteiger partial charge in [-0.05, 0) is 28.1 Å². The number of hydrogen-bond donors (Lipinski definition) is 1. The fourth-order valence-electron chi connectivity index (χ4n) is 1.70. The van der Waals surface area contributed by atoms with Crippen LogP contribution < -0.4 is 5.32 Å². The van der Waals surface area contributed by atoms with E-state index in [0.717, 1.165) is 17.8 Å². The lowest BCUT2D eigenvalue weighted by Crippen LogP contribution is -2.08. The minimum absolute atomic E-state index is 0.0690. The first kappa shape index (κ1) is 14.4. The molecule has 0 bridgehead atoms. The minimum Gasteiger partial charge on any atom is -0.379 e. The third kappa shape index (κ3) is 3.51. The number of pyridine rings is 1. The second-order valence-corrected chi connectivity index (χ2v) is 4.89. The number of nitrogens with zero attached hydrogens (tertiary/aromatic N) is 2. The highest BCUT2D eigenvalue weighted by molar-refractivity contribution is 9.10. The fourth-order valence-corrected chi connectivity index (χ4v) is 2.03. The summed E-state index contributed by atoms with van der Waals surface area (Å²) in [5.41, 5.74) is 0.853. The maximum absolute atomic E-state index is 13.5. The van der Waals surface area contributed by atoms with Gasteiger partial charge in [-0.3, -0.25) is 15.1 Å². The normalized spacial score (nSPS) is 10.3. The summed E-state index contributed by atoms with van der Waals surface area (Å²) in [6, 6.07) is 7.80. The topological polar surface area (TPSA) is 68.1 Å². The van der Waals surface area contributed by atoms with E-state index in [-0.39, 0.29) is 15.8 Å². The van der Waals surface area contributed by atoms with Crippen LogP contribution in [0.5, 0.6) is 0 Å². The van der Waals surface area contributed by atoms with Gasteiger partial charge < -0.3 is 5.32 Å². The van der Waals surface area contributed by atoms with Crippen molar-refractivity contribution in [2.75, 3.05) is 11.9 Å². The Morgan fingerprint density at radius 3 is 2.85 bits per heavy atom. The van der Waals surface area contributed by atoms with Crippen LogP contribution in [0.25, 0.3) is 0 Å². The Balaban J connectivity index is 2.09. The lowest BCUT2D eigenvalue weighted by atomic mass is 10.2. The average Bonchev–Trinajstić information content (AvgIpc) is 2.43. The molecule has 0 aliphatic heterocycles. The van der Waals surface area contributed by atoms with E-state index in [0.29, 0.717) is 13.0 Å². The van der Waals surface area contributed by atoms with Crippen molar-refractivity contribution >= 4 is 27.3 Å². The second-order valence-electron chi connectivity index (χ2n) is 4.04. The zero-order chi connectivity index (χ0) is 14.5. The van der Waals surface area contributed by atoms with Crippen LogP contribution >= 0.6 is 15.9 Å². The van der Waals surface area contributed by atoms with E-state index in [4.69, 9.17) is 0 Å². The van der Waals surface area contributed by atoms with Crippen LogP contribution in [0.4, 0.5) is 15.8 Å². The molecule has 2 rings (SSSR count). The Hall–Kier alpha value is -2.02. The molecule has 0 aliphatic rings. The van der Waals surface area contributed by atoms with Gasteiger partial charge in [0.2, 0.25) is 0 Å². The first-order valence-corrected chi connectivity index (χ1v) is 6.64. The van der Waals surface area contributed by atoms with Crippen LogP contribution in [0.1, 0.15) is 5.69 Å². The zero-order valence-corrected chi connectivity index (χ0v) is 11.9. The van der Waals surface area contributed by atoms with Crippen LogP contribution in [0.15, 0.2) is 41.0 Å². The van der Waals surface area contributed by atoms with Crippen LogP contribution in [-0.2, 0) is 6.42 Å². The summed E-state index contributed by atoms with van der Waals surface area (Å²) in [5.74, 6) is -0.545. The Morgan fingerprint density at radius 1 is 1.40 bits per heavy atom. The molecule has 0 amide bonds. The minimum atomic E-state index is -0.548. The Bertz CT molecular complexity index is 623. The van der Waals surface area contributed by atoms with Gasteiger partial charge in [-0.1, -0.05) is 6.07 Å². The van der Waals surface area contributed by atoms with Crippen LogP contribution in [0.3, 0.4) is 0 Å². The molecule has 5 nitrogen and oxygen atoms in total. The van der Waals surface area contributed by atoms with Crippen molar-refractivity contribution < 1.29 is 9.31 Å². The van der Waals surface area contributed by atoms with E-state index in [1.54, 1.807) is 6.20 Å². The van der Waals surface area contributed by atoms with Gasteiger partial charge in [-0.15, -0.1) is 0 Å². The molecule has 0 saturated carbocycles. The standard InChI is InChI=1S/C13H11BrFN3O2/c14-10-7-13(18(19)20)12(8-11(10)15)17-6-4-9-3-1-2-5-16-9/h1-3,5,7-8,17H,4,6H2. The SMILES string of the molecule is O=[N+]([O-])c1cc(Br)c(F)cc1NCCc1ccccn1. The summed E-state index contributed by atoms with van der Waals surface area (Å²) in [6.07, 6.45) is 2.27. The number of nitro groups is 1. The van der Waals surface area contributed by atoms with Gasteiger partial charge in [0.25, 0.3) is 5.69 Å². The Labute approximate surface area is 123 Å². The number of hydrogen-bond acceptors (Lipinski definition) is 4. The molecule has 0 unspecified atom stereocenters. The van der Waals surface area contributed by atoms with Gasteiger partial charge in [-0.2, -0.15) is 0 Å². The Morgan fingerprint density at radius 2 is 2.20 bits per heavy atom. The molecule has 1 heterocycles. The molecule has 0 spiro atoms. The molecule has 0 fully saturated rings. The molecule has 1 N–H and O–H groups in total. The summed E-state index contributed by atoms with van der Waals surface area (Å²) < 4.78 is 13.5. The number of aromatic nitrogens is 1. The van der Waals surface area contributed by atoms with Gasteiger partial charge in [0, 0.05) is 37.0 Å². The summed E-state index contributed by atoms with van der Waals surface area (Å²) >= 11 is 2.94. The van der Waals surface area contributed by atoms with E-state index >= 15 is 0 Å². The van der Waals surface area contributed by atoms with Gasteiger partial charge in [0.05, 0.1) is 9.40 Å². The largest absolute Gasteiger partial charge is 0.379 e. The van der Waals surface area contributed by atoms with Crippen molar-refractivity contribution in [2.24, 2.45) is 0 Å². The van der Waals surface area contributed by atoms with Crippen molar-refractivity contribution in [3.05, 3.63) is 62.6 Å². The van der Waals surface area contributed by atoms with Crippen LogP contribution in [0, 0.1) is 15.9 Å². The number of benzene rings is 1. The van der Waals surface area contributed by atoms with Crippen LogP contribution in [-0.4, -0.2) is 16.5 Å². The van der Waals surface area contributed by atoms with Gasteiger partial charge >= 0.3 is 0 Å². The van der Waals surface area contributed by atoms with Crippen molar-refractivity contribution in [3.63, 3.8) is 0 Å². The molecule has 0 saturated heterocycles. The van der Waals surface area contributed by atoms with E-state index < -0.39 is 10.7 Å². The molecule has 7 heteroatoms. The third-order valence-electron chi connectivity index (χ3n) is 2.66. The fraction of sp³-hybridized carbons (Fsp3) is 0.154. The number of anilines is 1. The predicted molar refractivity (Wildman–Crippen MR) is 77.2 cm³/mol. The number of rotatable bonds is 5. The molecule has 2 aromatic rings. The number of nitrogens with one attached hydrogen (secondary N) is 1. The quantitative estimate of drug-likeness (QED) is 0.668. The van der Waals surface area contributed by atoms with Crippen molar-refractivity contribution in [2.45, 2.75) is 6.42 Å². The van der Waals surface area contributed by atoms with E-state index in [9.17, 15) is 14.5 Å². The molecule has 0 aliphatic carbocycles. The highest BCUT2D eigenvalue weighted by atomic mass is 79.9. The van der Waals surface area contributed by atoms with E-state index in [1.807, 2.05) is 18.2 Å². The molecule has 1 aromatic heterocycles. The molecule has 0 atom stereocenters. The van der Waals surface area contributed by atoms with E-state index in [1.165, 1.54) is 0 Å². The van der Waals surface area contributed by atoms with Gasteiger partial charge in [-0.25, -0.2) is 4.39 Å². The highest BCUT2D eigenvalue weighted by Crippen LogP contribution is 2.30. The molecule has 0 radical (unpaired) electrons. The van der Waals surface area contributed by atoms with Crippen LogP contribution in [0.2, 0.25) is 0 Å². The van der Waals surface area contributed by atoms with Crippen molar-refractivity contribution in [3.8, 4) is 0 Å². The third-order valence-corrected chi connectivity index (χ3v) is 3.27. The lowest BCUT2D eigenvalue weighted by Gasteiger charge is -2.08. The smallest absolute Gasteiger partial charge is 0.293 e. The summed E-state index contributed by atoms with van der Waals surface area (Å²) in [5, 5.41) is 13.8. The lowest BCUT2D eigenvalue weighted by molar-refractivity contribution is -0.384. The summed E-state index contributed by atoms with van der Waals surface area (Å²) in [4.78, 5) is 14.5. The van der Waals surface area contributed by atoms with Crippen molar-refractivity contribution in [1.29, 1.82) is 0 Å². The van der Waals surface area contributed by atoms with E-state index in [2.05, 4.69) is 26.2 Å². The first-order valence-electron chi connectivity index (χ1n) is 5.85. The molecule has 20 heavy (non-hydrogen) atoms. The molecule has 104 valence electrons. The van der Waals surface area contributed by atoms with Gasteiger partial charge in [0.1, 0.15) is 11.5 Å². The maximum Gasteiger partial charge on any atom is 0.293 e. The summed E-state index contributed by atoms with van der Waals surface area (Å²) in [6.45, 7) is 0.429. The van der Waals surface area contributed by atoms with Gasteiger partial charge in [0.15, 0.2) is 0 Å². The number of halogens is 2. The zero-order valence-electron chi connectivity index (χ0n) is 10.3. The van der Waals surface area contributed by atoms with Crippen molar-refractivity contribution in [1.82, 2.24) is 4.98 Å². The monoisotopic (exact) mass is 339 g/mol. The molecule has 1 aromatic carbocycles. The Kier molecular flexibility index (Phi) is 4.62. The summed E-state index contributed by atoms with van der Waals surface area (Å²) in [7, 11) is 0. The molecular weight excluding hydrogens is 329 g/mol.